The summed E-state index contributed by atoms with van der Waals surface area (Å²) in [5.41, 5.74) is 4.04. The maximum absolute atomic E-state index is 12.0. The van der Waals surface area contributed by atoms with Gasteiger partial charge in [-0.1, -0.05) is 60.2 Å². The Hall–Kier alpha value is -2.35. The van der Waals surface area contributed by atoms with Gasteiger partial charge in [-0.2, -0.15) is 0 Å². The molecule has 0 saturated heterocycles. The first-order valence-electron chi connectivity index (χ1n) is 6.72. The molecule has 0 saturated carbocycles. The first-order chi connectivity index (χ1) is 9.65. The normalized spacial score (nSPS) is 11.2. The molecule has 0 spiro atoms. The number of aryl methyl sites for hydroxylation is 1. The van der Waals surface area contributed by atoms with Gasteiger partial charge in [0, 0.05) is 23.9 Å². The molecule has 0 aliphatic carbocycles. The Bertz CT molecular complexity index is 597. The average Bonchev–Trinajstić information content (AvgIpc) is 2.47. The van der Waals surface area contributed by atoms with Crippen molar-refractivity contribution in [1.82, 2.24) is 5.32 Å². The van der Waals surface area contributed by atoms with Crippen molar-refractivity contribution in [3.8, 4) is 0 Å². The molecule has 20 heavy (non-hydrogen) atoms. The predicted molar refractivity (Wildman–Crippen MR) is 82.5 cm³/mol. The monoisotopic (exact) mass is 265 g/mol. The Morgan fingerprint density at radius 3 is 2.35 bits per heavy atom. The van der Waals surface area contributed by atoms with Gasteiger partial charge in [0.25, 0.3) is 0 Å². The number of hydrogen-bond donors (Lipinski definition) is 1. The van der Waals surface area contributed by atoms with Crippen LogP contribution in [-0.2, 0) is 6.54 Å². The van der Waals surface area contributed by atoms with Crippen LogP contribution in [0.15, 0.2) is 66.4 Å². The molecule has 0 fully saturated rings. The molecule has 102 valence electrons. The molecule has 0 atom stereocenters. The van der Waals surface area contributed by atoms with Crippen molar-refractivity contribution in [3.05, 3.63) is 83.1 Å². The minimum Gasteiger partial charge on any atom is -0.384 e. The second kappa shape index (κ2) is 6.71. The minimum atomic E-state index is 0.0273. The van der Waals surface area contributed by atoms with Crippen LogP contribution in [0, 0.1) is 6.92 Å². The highest BCUT2D eigenvalue weighted by Gasteiger charge is 2.01. The topological polar surface area (TPSA) is 29.1 Å². The van der Waals surface area contributed by atoms with Gasteiger partial charge in [-0.3, -0.25) is 4.79 Å². The molecule has 2 heteroatoms. The quantitative estimate of drug-likeness (QED) is 0.656. The van der Waals surface area contributed by atoms with Gasteiger partial charge in [-0.15, -0.1) is 0 Å². The zero-order chi connectivity index (χ0) is 14.4. The van der Waals surface area contributed by atoms with E-state index in [2.05, 4.69) is 36.5 Å². The smallest absolute Gasteiger partial charge is 0.187 e. The molecule has 2 rings (SSSR count). The number of hydrogen-bond acceptors (Lipinski definition) is 2. The van der Waals surface area contributed by atoms with E-state index in [1.807, 2.05) is 37.3 Å². The van der Waals surface area contributed by atoms with Crippen LogP contribution >= 0.6 is 0 Å². The van der Waals surface area contributed by atoms with Crippen LogP contribution in [0.3, 0.4) is 0 Å². The first kappa shape index (κ1) is 14.1. The van der Waals surface area contributed by atoms with Crippen molar-refractivity contribution in [1.29, 1.82) is 0 Å². The second-order valence-electron chi connectivity index (χ2n) is 4.90. The van der Waals surface area contributed by atoms with E-state index in [0.717, 1.165) is 12.2 Å². The summed E-state index contributed by atoms with van der Waals surface area (Å²) in [6, 6.07) is 17.7. The van der Waals surface area contributed by atoms with Gasteiger partial charge in [0.15, 0.2) is 5.78 Å². The minimum absolute atomic E-state index is 0.0273. The average molecular weight is 265 g/mol. The van der Waals surface area contributed by atoms with Crippen molar-refractivity contribution in [2.24, 2.45) is 0 Å². The number of benzene rings is 2. The predicted octanol–water partition coefficient (Wildman–Crippen LogP) is 3.87. The van der Waals surface area contributed by atoms with E-state index in [1.165, 1.54) is 11.1 Å². The molecule has 0 aromatic heterocycles. The van der Waals surface area contributed by atoms with E-state index in [-0.39, 0.29) is 5.78 Å². The zero-order valence-electron chi connectivity index (χ0n) is 11.9. The molecule has 0 heterocycles. The molecular formula is C18H19NO. The Morgan fingerprint density at radius 2 is 1.70 bits per heavy atom. The Labute approximate surface area is 120 Å². The molecule has 0 aliphatic rings. The van der Waals surface area contributed by atoms with Gasteiger partial charge >= 0.3 is 0 Å². The highest BCUT2D eigenvalue weighted by atomic mass is 16.1. The fourth-order valence-corrected chi connectivity index (χ4v) is 1.88. The lowest BCUT2D eigenvalue weighted by molar-refractivity contribution is 0.104. The molecule has 2 nitrogen and oxygen atoms in total. The lowest BCUT2D eigenvalue weighted by atomic mass is 10.1. The van der Waals surface area contributed by atoms with Gasteiger partial charge in [0.2, 0.25) is 0 Å². The maximum Gasteiger partial charge on any atom is 0.187 e. The van der Waals surface area contributed by atoms with Gasteiger partial charge < -0.3 is 5.32 Å². The summed E-state index contributed by atoms with van der Waals surface area (Å²) in [7, 11) is 0. The highest BCUT2D eigenvalue weighted by Crippen LogP contribution is 2.05. The Kier molecular flexibility index (Phi) is 4.72. The Balaban J connectivity index is 1.94. The molecule has 1 N–H and O–H groups in total. The molecule has 2 aromatic carbocycles. The third kappa shape index (κ3) is 4.09. The van der Waals surface area contributed by atoms with Gasteiger partial charge in [-0.25, -0.2) is 0 Å². The van der Waals surface area contributed by atoms with E-state index in [0.29, 0.717) is 5.56 Å². The second-order valence-corrected chi connectivity index (χ2v) is 4.90. The first-order valence-corrected chi connectivity index (χ1v) is 6.72. The van der Waals surface area contributed by atoms with E-state index < -0.39 is 0 Å². The maximum atomic E-state index is 12.0. The molecule has 0 bridgehead atoms. The summed E-state index contributed by atoms with van der Waals surface area (Å²) in [5, 5.41) is 3.26. The van der Waals surface area contributed by atoms with E-state index in [9.17, 15) is 4.79 Å². The van der Waals surface area contributed by atoms with Crippen LogP contribution in [0.25, 0.3) is 0 Å². The third-order valence-corrected chi connectivity index (χ3v) is 3.10. The van der Waals surface area contributed by atoms with Crippen molar-refractivity contribution in [2.45, 2.75) is 20.4 Å². The van der Waals surface area contributed by atoms with Crippen molar-refractivity contribution in [3.63, 3.8) is 0 Å². The summed E-state index contributed by atoms with van der Waals surface area (Å²) in [5.74, 6) is 0.0273. The van der Waals surface area contributed by atoms with Crippen LogP contribution in [0.1, 0.15) is 28.4 Å². The molecule has 0 aliphatic heterocycles. The lowest BCUT2D eigenvalue weighted by Crippen LogP contribution is -2.12. The van der Waals surface area contributed by atoms with Crippen LogP contribution in [0.2, 0.25) is 0 Å². The van der Waals surface area contributed by atoms with Crippen molar-refractivity contribution < 1.29 is 4.79 Å². The van der Waals surface area contributed by atoms with E-state index in [4.69, 9.17) is 0 Å². The number of allylic oxidation sites excluding steroid dienone is 2. The molecule has 0 radical (unpaired) electrons. The zero-order valence-corrected chi connectivity index (χ0v) is 11.9. The lowest BCUT2D eigenvalue weighted by Gasteiger charge is -2.07. The summed E-state index contributed by atoms with van der Waals surface area (Å²) < 4.78 is 0. The van der Waals surface area contributed by atoms with Crippen LogP contribution < -0.4 is 5.32 Å². The van der Waals surface area contributed by atoms with E-state index >= 15 is 0 Å². The number of carbonyl (C=O) groups is 1. The number of nitrogens with one attached hydrogen (secondary N) is 1. The number of carbonyl (C=O) groups excluding carboxylic acids is 1. The molecule has 2 aromatic rings. The Morgan fingerprint density at radius 1 is 1.05 bits per heavy atom. The number of ketones is 1. The van der Waals surface area contributed by atoms with Crippen LogP contribution in [-0.4, -0.2) is 5.78 Å². The molecular weight excluding hydrogens is 246 g/mol. The van der Waals surface area contributed by atoms with Crippen molar-refractivity contribution in [2.75, 3.05) is 0 Å². The summed E-state index contributed by atoms with van der Waals surface area (Å²) in [6.45, 7) is 4.71. The summed E-state index contributed by atoms with van der Waals surface area (Å²) >= 11 is 0. The SMILES string of the molecule is CC(=CC(=O)c1ccccc1)NCc1ccc(C)cc1. The van der Waals surface area contributed by atoms with Gasteiger partial charge in [0.05, 0.1) is 0 Å². The van der Waals surface area contributed by atoms with E-state index in [1.54, 1.807) is 6.08 Å². The van der Waals surface area contributed by atoms with Crippen LogP contribution in [0.5, 0.6) is 0 Å². The largest absolute Gasteiger partial charge is 0.384 e. The molecule has 0 unspecified atom stereocenters. The van der Waals surface area contributed by atoms with Crippen LogP contribution in [0.4, 0.5) is 0 Å². The summed E-state index contributed by atoms with van der Waals surface area (Å²) in [4.78, 5) is 12.0. The van der Waals surface area contributed by atoms with Crippen molar-refractivity contribution >= 4 is 5.78 Å². The van der Waals surface area contributed by atoms with Gasteiger partial charge in [0.1, 0.15) is 0 Å². The fraction of sp³-hybridized carbons (Fsp3) is 0.167. The van der Waals surface area contributed by atoms with Gasteiger partial charge in [-0.05, 0) is 19.4 Å². The third-order valence-electron chi connectivity index (χ3n) is 3.10. The highest BCUT2D eigenvalue weighted by molar-refractivity contribution is 6.04. The molecule has 0 amide bonds. The summed E-state index contributed by atoms with van der Waals surface area (Å²) in [6.07, 6.45) is 1.64. The number of rotatable bonds is 5. The standard InChI is InChI=1S/C18H19NO/c1-14-8-10-16(11-9-14)13-19-15(2)12-18(20)17-6-4-3-5-7-17/h3-12,19H,13H2,1-2H3. The fourth-order valence-electron chi connectivity index (χ4n) is 1.88.